The van der Waals surface area contributed by atoms with Gasteiger partial charge in [0.25, 0.3) is 11.8 Å². The van der Waals surface area contributed by atoms with Gasteiger partial charge in [0, 0.05) is 37.8 Å². The second-order valence-electron chi connectivity index (χ2n) is 19.0. The van der Waals surface area contributed by atoms with Crippen molar-refractivity contribution in [3.63, 3.8) is 0 Å². The fourth-order valence-electron chi connectivity index (χ4n) is 8.81. The first-order chi connectivity index (χ1) is 30.9. The highest BCUT2D eigenvalue weighted by Crippen LogP contribution is 2.35. The van der Waals surface area contributed by atoms with E-state index in [1.807, 2.05) is 35.2 Å². The third kappa shape index (κ3) is 11.6. The molecule has 4 N–H and O–H groups in total. The van der Waals surface area contributed by atoms with E-state index >= 15 is 4.39 Å². The molecule has 0 radical (unpaired) electrons. The molecule has 0 saturated carbocycles. The normalized spacial score (nSPS) is 19.0. The maximum absolute atomic E-state index is 15.9. The topological polar surface area (TPSA) is 178 Å². The number of hydrogen-bond donors (Lipinski definition) is 4. The van der Waals surface area contributed by atoms with Crippen LogP contribution in [0.2, 0.25) is 0 Å². The molecule has 346 valence electrons. The molecule has 4 heterocycles. The Hall–Kier alpha value is -6.45. The van der Waals surface area contributed by atoms with Gasteiger partial charge in [-0.1, -0.05) is 66.7 Å². The number of H-pyrrole nitrogens is 1. The molecule has 7 rings (SSSR count). The minimum absolute atomic E-state index is 0.162. The molecule has 4 unspecified atom stereocenters. The number of imidazole rings is 1. The third-order valence-corrected chi connectivity index (χ3v) is 11.8. The van der Waals surface area contributed by atoms with E-state index < -0.39 is 47.3 Å². The zero-order chi connectivity index (χ0) is 46.5. The summed E-state index contributed by atoms with van der Waals surface area (Å²) in [6.45, 7) is 12.4. The van der Waals surface area contributed by atoms with Gasteiger partial charge in [0.15, 0.2) is 0 Å². The number of ether oxygens (including phenoxy) is 2. The van der Waals surface area contributed by atoms with Crippen molar-refractivity contribution in [2.75, 3.05) is 31.1 Å². The van der Waals surface area contributed by atoms with E-state index in [1.165, 1.54) is 6.07 Å². The number of benzene rings is 3. The molecule has 4 atom stereocenters. The van der Waals surface area contributed by atoms with E-state index in [4.69, 9.17) is 9.47 Å². The quantitative estimate of drug-likeness (QED) is 0.119. The first-order valence-electron chi connectivity index (χ1n) is 22.5. The first kappa shape index (κ1) is 46.5. The molecule has 5 amide bonds. The lowest BCUT2D eigenvalue weighted by molar-refractivity contribution is -0.140. The number of likely N-dealkylation sites (tertiary alicyclic amines) is 2. The number of hydrogen-bond acceptors (Lipinski definition) is 9. The smallest absolute Gasteiger partial charge is 0.408 e. The van der Waals surface area contributed by atoms with Crippen molar-refractivity contribution in [3.05, 3.63) is 108 Å². The zero-order valence-electron chi connectivity index (χ0n) is 38.1. The number of carbonyl (C=O) groups excluding carboxylic acids is 5. The third-order valence-electron chi connectivity index (χ3n) is 11.8. The summed E-state index contributed by atoms with van der Waals surface area (Å²) < 4.78 is 26.9. The van der Waals surface area contributed by atoms with Gasteiger partial charge in [-0.25, -0.2) is 19.0 Å². The monoisotopic (exact) mass is 892 g/mol. The lowest BCUT2D eigenvalue weighted by atomic mass is 10.0. The summed E-state index contributed by atoms with van der Waals surface area (Å²) in [4.78, 5) is 80.8. The molecule has 4 aromatic rings. The summed E-state index contributed by atoms with van der Waals surface area (Å²) in [5.41, 5.74) is 1.37. The van der Waals surface area contributed by atoms with Crippen LogP contribution in [0, 0.1) is 5.82 Å². The summed E-state index contributed by atoms with van der Waals surface area (Å²) >= 11 is 0. The Bertz CT molecular complexity index is 2320. The van der Waals surface area contributed by atoms with Crippen molar-refractivity contribution >= 4 is 35.6 Å². The number of amides is 5. The first-order valence-corrected chi connectivity index (χ1v) is 22.5. The summed E-state index contributed by atoms with van der Waals surface area (Å²) in [5, 5.41) is 8.66. The number of rotatable bonds is 11. The highest BCUT2D eigenvalue weighted by Gasteiger charge is 2.40. The molecular weight excluding hydrogens is 832 g/mol. The molecule has 16 heteroatoms. The molecule has 0 bridgehead atoms. The number of piperidine rings is 1. The minimum atomic E-state index is -1.03. The van der Waals surface area contributed by atoms with Crippen LogP contribution in [0.25, 0.3) is 11.3 Å². The largest absolute Gasteiger partial charge is 0.444 e. The van der Waals surface area contributed by atoms with Crippen LogP contribution in [0.4, 0.5) is 19.7 Å². The van der Waals surface area contributed by atoms with Crippen LogP contribution in [0.5, 0.6) is 0 Å². The molecule has 65 heavy (non-hydrogen) atoms. The lowest BCUT2D eigenvalue weighted by Crippen LogP contribution is -2.53. The van der Waals surface area contributed by atoms with Crippen molar-refractivity contribution in [3.8, 4) is 11.3 Å². The van der Waals surface area contributed by atoms with Gasteiger partial charge in [0.2, 0.25) is 5.91 Å². The van der Waals surface area contributed by atoms with E-state index in [-0.39, 0.29) is 29.8 Å². The number of anilines is 1. The number of aromatic amines is 1. The van der Waals surface area contributed by atoms with Crippen LogP contribution in [0.3, 0.4) is 0 Å². The van der Waals surface area contributed by atoms with E-state index in [0.717, 1.165) is 6.42 Å². The average molecular weight is 893 g/mol. The van der Waals surface area contributed by atoms with Gasteiger partial charge in [-0.05, 0) is 103 Å². The van der Waals surface area contributed by atoms with Crippen molar-refractivity contribution < 1.29 is 37.8 Å². The highest BCUT2D eigenvalue weighted by molar-refractivity contribution is 5.93. The fraction of sp³-hybridized carbons (Fsp3) is 0.469. The standard InChI is InChI=1S/C49H61FN8O7/c1-48(2,3)64-46(62)54-40(31-15-9-7-10-16-31)44(60)57-25-13-19-38(57)42-51-30-36(53-42)33-21-22-37(35(50)29-33)56-27-23-34(24-28-56)52-43(59)39-20-14-26-58(39)45(61)41(32-17-11-8-12-18-32)55-47(63)65-49(4,5)6/h7-12,15-18,21-22,29-30,34,38-41H,13-14,19-20,23-28H2,1-6H3,(H,51,53)(H,52,59)(H,54,62)(H,55,63). The Kier molecular flexibility index (Phi) is 14.1. The van der Waals surface area contributed by atoms with Crippen LogP contribution in [-0.4, -0.2) is 99.1 Å². The molecule has 3 fully saturated rings. The Morgan fingerprint density at radius 3 is 1.80 bits per heavy atom. The van der Waals surface area contributed by atoms with E-state index in [9.17, 15) is 24.0 Å². The highest BCUT2D eigenvalue weighted by atomic mass is 19.1. The SMILES string of the molecule is CC(C)(C)OC(=O)NC(C(=O)N1CCCC1C(=O)NC1CCN(c2ccc(-c3cnc(C4CCCN4C(=O)C(NC(=O)OC(C)(C)C)c4ccccc4)[nH]3)cc2F)CC1)c1ccccc1. The molecule has 0 aliphatic carbocycles. The molecule has 15 nitrogen and oxygen atoms in total. The Labute approximate surface area is 379 Å². The maximum atomic E-state index is 15.9. The Balaban J connectivity index is 0.954. The van der Waals surface area contributed by atoms with Crippen LogP contribution >= 0.6 is 0 Å². The predicted molar refractivity (Wildman–Crippen MR) is 243 cm³/mol. The summed E-state index contributed by atoms with van der Waals surface area (Å²) in [5.74, 6) is -0.727. The average Bonchev–Trinajstić information content (AvgIpc) is 4.06. The minimum Gasteiger partial charge on any atom is -0.444 e. The van der Waals surface area contributed by atoms with Crippen molar-refractivity contribution in [1.82, 2.24) is 35.7 Å². The summed E-state index contributed by atoms with van der Waals surface area (Å²) in [6.07, 6.45) is 3.95. The second kappa shape index (κ2) is 19.7. The van der Waals surface area contributed by atoms with Gasteiger partial charge in [-0.3, -0.25) is 14.4 Å². The lowest BCUT2D eigenvalue weighted by Gasteiger charge is -2.35. The number of nitrogens with zero attached hydrogens (tertiary/aromatic N) is 4. The molecule has 0 spiro atoms. The van der Waals surface area contributed by atoms with Crippen LogP contribution in [-0.2, 0) is 23.9 Å². The maximum Gasteiger partial charge on any atom is 0.408 e. The van der Waals surface area contributed by atoms with Gasteiger partial charge >= 0.3 is 12.2 Å². The van der Waals surface area contributed by atoms with E-state index in [2.05, 4.69) is 25.9 Å². The number of alkyl carbamates (subject to hydrolysis) is 2. The molecule has 3 aromatic carbocycles. The molecule has 1 aromatic heterocycles. The summed E-state index contributed by atoms with van der Waals surface area (Å²) in [7, 11) is 0. The van der Waals surface area contributed by atoms with Crippen molar-refractivity contribution in [1.29, 1.82) is 0 Å². The van der Waals surface area contributed by atoms with Gasteiger partial charge in [0.1, 0.15) is 41.0 Å². The summed E-state index contributed by atoms with van der Waals surface area (Å²) in [6, 6.07) is 19.8. The molecule has 3 aliphatic heterocycles. The predicted octanol–water partition coefficient (Wildman–Crippen LogP) is 7.49. The second-order valence-corrected chi connectivity index (χ2v) is 19.0. The van der Waals surface area contributed by atoms with Crippen molar-refractivity contribution in [2.45, 2.75) is 121 Å². The van der Waals surface area contributed by atoms with Gasteiger partial charge < -0.3 is 45.1 Å². The van der Waals surface area contributed by atoms with Crippen LogP contribution < -0.4 is 20.9 Å². The van der Waals surface area contributed by atoms with E-state index in [0.29, 0.717) is 92.2 Å². The Morgan fingerprint density at radius 1 is 0.708 bits per heavy atom. The molecular formula is C49H61FN8O7. The number of aromatic nitrogens is 2. The fourth-order valence-corrected chi connectivity index (χ4v) is 8.81. The molecule has 3 saturated heterocycles. The van der Waals surface area contributed by atoms with Crippen LogP contribution in [0.1, 0.15) is 115 Å². The van der Waals surface area contributed by atoms with Gasteiger partial charge in [0.05, 0.1) is 23.6 Å². The van der Waals surface area contributed by atoms with Crippen molar-refractivity contribution in [2.24, 2.45) is 0 Å². The van der Waals surface area contributed by atoms with Crippen LogP contribution in [0.15, 0.2) is 85.1 Å². The van der Waals surface area contributed by atoms with Gasteiger partial charge in [-0.15, -0.1) is 0 Å². The van der Waals surface area contributed by atoms with E-state index in [1.54, 1.807) is 100 Å². The van der Waals surface area contributed by atoms with Gasteiger partial charge in [-0.2, -0.15) is 0 Å². The number of carbonyl (C=O) groups is 5. The number of halogens is 1. The zero-order valence-corrected chi connectivity index (χ0v) is 38.1. The Morgan fingerprint density at radius 2 is 1.25 bits per heavy atom. The number of nitrogens with one attached hydrogen (secondary N) is 4. The molecule has 3 aliphatic rings.